The van der Waals surface area contributed by atoms with Crippen molar-refractivity contribution in [2.45, 2.75) is 38.1 Å². The van der Waals surface area contributed by atoms with Crippen LogP contribution in [0.3, 0.4) is 0 Å². The Balaban J connectivity index is 1.87. The van der Waals surface area contributed by atoms with Crippen molar-refractivity contribution >= 4 is 15.9 Å². The lowest BCUT2D eigenvalue weighted by atomic mass is 9.96. The lowest BCUT2D eigenvalue weighted by Gasteiger charge is -2.27. The van der Waals surface area contributed by atoms with E-state index in [4.69, 9.17) is 4.74 Å². The number of aliphatic hydroxyl groups excluding tert-OH is 1. The Morgan fingerprint density at radius 3 is 2.46 bits per heavy atom. The Morgan fingerprint density at radius 1 is 1.12 bits per heavy atom. The lowest BCUT2D eigenvalue weighted by Crippen LogP contribution is -2.25. The number of rotatable bonds is 6. The summed E-state index contributed by atoms with van der Waals surface area (Å²) in [5, 5.41) is 10.5. The third-order valence-electron chi connectivity index (χ3n) is 3.91. The van der Waals surface area contributed by atoms with Crippen LogP contribution in [0.5, 0.6) is 11.5 Å². The summed E-state index contributed by atoms with van der Waals surface area (Å²) >= 11 is 3.24. The maximum absolute atomic E-state index is 12.6. The average Bonchev–Trinajstić information content (AvgIpc) is 2.51. The van der Waals surface area contributed by atoms with Gasteiger partial charge in [0.15, 0.2) is 11.5 Å². The average molecular weight is 400 g/mol. The van der Waals surface area contributed by atoms with Crippen molar-refractivity contribution in [3.05, 3.63) is 52.3 Å². The number of aliphatic hydroxyl groups is 1. The molecular formula is C17H16BrF2NO3. The van der Waals surface area contributed by atoms with Gasteiger partial charge in [0.25, 0.3) is 0 Å². The third kappa shape index (κ3) is 4.02. The van der Waals surface area contributed by atoms with E-state index in [2.05, 4.69) is 25.7 Å². The molecule has 0 radical (unpaired) electrons. The highest BCUT2D eigenvalue weighted by atomic mass is 79.9. The van der Waals surface area contributed by atoms with Gasteiger partial charge in [0, 0.05) is 11.8 Å². The van der Waals surface area contributed by atoms with Crippen LogP contribution in [0, 0.1) is 0 Å². The Labute approximate surface area is 146 Å². The fourth-order valence-corrected chi connectivity index (χ4v) is 2.62. The molecule has 7 heteroatoms. The summed E-state index contributed by atoms with van der Waals surface area (Å²) < 4.78 is 36.0. The van der Waals surface area contributed by atoms with Crippen LogP contribution in [-0.4, -0.2) is 22.8 Å². The molecule has 1 unspecified atom stereocenters. The summed E-state index contributed by atoms with van der Waals surface area (Å²) in [4.78, 5) is 4.08. The molecule has 0 amide bonds. The highest BCUT2D eigenvalue weighted by molar-refractivity contribution is 9.10. The van der Waals surface area contributed by atoms with Crippen molar-refractivity contribution in [2.75, 3.05) is 0 Å². The van der Waals surface area contributed by atoms with Gasteiger partial charge in [0.1, 0.15) is 10.7 Å². The highest BCUT2D eigenvalue weighted by Crippen LogP contribution is 2.36. The van der Waals surface area contributed by atoms with Crippen LogP contribution in [0.25, 0.3) is 0 Å². The molecule has 24 heavy (non-hydrogen) atoms. The molecule has 1 aliphatic carbocycles. The van der Waals surface area contributed by atoms with Gasteiger partial charge in [-0.3, -0.25) is 0 Å². The third-order valence-corrected chi connectivity index (χ3v) is 4.38. The molecule has 1 saturated carbocycles. The summed E-state index contributed by atoms with van der Waals surface area (Å²) in [6.45, 7) is -2.93. The zero-order valence-electron chi connectivity index (χ0n) is 12.7. The number of hydrogen-bond donors (Lipinski definition) is 1. The molecule has 1 aromatic carbocycles. The number of nitrogens with zero attached hydrogens (tertiary/aromatic N) is 1. The molecule has 0 spiro atoms. The molecule has 1 heterocycles. The van der Waals surface area contributed by atoms with Crippen molar-refractivity contribution in [2.24, 2.45) is 0 Å². The van der Waals surface area contributed by atoms with Gasteiger partial charge in [-0.05, 0) is 59.0 Å². The van der Waals surface area contributed by atoms with Crippen LogP contribution in [-0.2, 0) is 0 Å². The summed E-state index contributed by atoms with van der Waals surface area (Å²) in [5.41, 5.74) is 1.12. The predicted octanol–water partition coefficient (Wildman–Crippen LogP) is 4.46. The molecule has 1 N–H and O–H groups in total. The Hall–Kier alpha value is -1.73. The molecule has 3 rings (SSSR count). The normalized spacial score (nSPS) is 15.9. The maximum Gasteiger partial charge on any atom is 0.387 e. The Bertz CT molecular complexity index is 693. The van der Waals surface area contributed by atoms with Crippen LogP contribution in [0.2, 0.25) is 0 Å². The van der Waals surface area contributed by atoms with Gasteiger partial charge in [0.2, 0.25) is 0 Å². The fourth-order valence-electron chi connectivity index (χ4n) is 2.39. The van der Waals surface area contributed by atoms with Gasteiger partial charge < -0.3 is 14.6 Å². The van der Waals surface area contributed by atoms with E-state index in [1.807, 2.05) is 0 Å². The zero-order valence-corrected chi connectivity index (χ0v) is 14.2. The largest absolute Gasteiger partial charge is 0.487 e. The number of benzene rings is 1. The van der Waals surface area contributed by atoms with E-state index < -0.39 is 12.7 Å². The second kappa shape index (κ2) is 7.44. The van der Waals surface area contributed by atoms with Crippen molar-refractivity contribution in [3.63, 3.8) is 0 Å². The van der Waals surface area contributed by atoms with Gasteiger partial charge in [-0.15, -0.1) is 0 Å². The van der Waals surface area contributed by atoms with Gasteiger partial charge in [-0.1, -0.05) is 12.1 Å². The molecule has 0 saturated heterocycles. The van der Waals surface area contributed by atoms with Crippen LogP contribution in [0.15, 0.2) is 41.1 Å². The van der Waals surface area contributed by atoms with Gasteiger partial charge in [0.05, 0.1) is 6.10 Å². The topological polar surface area (TPSA) is 51.6 Å². The van der Waals surface area contributed by atoms with E-state index in [0.717, 1.165) is 19.3 Å². The molecule has 0 aliphatic heterocycles. The molecule has 1 fully saturated rings. The monoisotopic (exact) mass is 399 g/mol. The van der Waals surface area contributed by atoms with Crippen molar-refractivity contribution in [1.29, 1.82) is 0 Å². The number of halogens is 3. The second-order valence-electron chi connectivity index (χ2n) is 5.57. The lowest BCUT2D eigenvalue weighted by molar-refractivity contribution is -0.0527. The maximum atomic E-state index is 12.6. The van der Waals surface area contributed by atoms with Gasteiger partial charge >= 0.3 is 6.61 Å². The Kier molecular flexibility index (Phi) is 5.30. The first-order chi connectivity index (χ1) is 11.5. The van der Waals surface area contributed by atoms with E-state index in [1.165, 1.54) is 12.1 Å². The molecule has 1 aliphatic rings. The van der Waals surface area contributed by atoms with E-state index in [1.54, 1.807) is 24.4 Å². The number of hydrogen-bond acceptors (Lipinski definition) is 4. The zero-order chi connectivity index (χ0) is 17.1. The SMILES string of the molecule is OC(c1ccc(Br)nc1)c1ccc(OC(F)F)c(OC2CCC2)c1. The van der Waals surface area contributed by atoms with E-state index in [0.29, 0.717) is 15.7 Å². The number of pyridine rings is 1. The molecule has 1 aromatic heterocycles. The standard InChI is InChI=1S/C17H16BrF2NO3/c18-15-7-5-11(9-21-15)16(22)10-4-6-13(24-17(19)20)14(8-10)23-12-2-1-3-12/h4-9,12,16-17,22H,1-3H2. The fraction of sp³-hybridized carbons (Fsp3) is 0.353. The number of aromatic nitrogens is 1. The number of ether oxygens (including phenoxy) is 2. The van der Waals surface area contributed by atoms with Crippen LogP contribution in [0.4, 0.5) is 8.78 Å². The summed E-state index contributed by atoms with van der Waals surface area (Å²) in [5.74, 6) is 0.198. The summed E-state index contributed by atoms with van der Waals surface area (Å²) in [7, 11) is 0. The molecule has 1 atom stereocenters. The quantitative estimate of drug-likeness (QED) is 0.728. The highest BCUT2D eigenvalue weighted by Gasteiger charge is 2.23. The molecule has 4 nitrogen and oxygen atoms in total. The summed E-state index contributed by atoms with van der Waals surface area (Å²) in [6.07, 6.45) is 3.45. The van der Waals surface area contributed by atoms with Crippen LogP contribution >= 0.6 is 15.9 Å². The second-order valence-corrected chi connectivity index (χ2v) is 6.38. The van der Waals surface area contributed by atoms with E-state index >= 15 is 0 Å². The minimum atomic E-state index is -2.93. The Morgan fingerprint density at radius 2 is 1.88 bits per heavy atom. The molecule has 0 bridgehead atoms. The van der Waals surface area contributed by atoms with Gasteiger partial charge in [-0.2, -0.15) is 8.78 Å². The van der Waals surface area contributed by atoms with E-state index in [-0.39, 0.29) is 17.6 Å². The van der Waals surface area contributed by atoms with Gasteiger partial charge in [-0.25, -0.2) is 4.98 Å². The minimum Gasteiger partial charge on any atom is -0.487 e. The first kappa shape index (κ1) is 17.1. The predicted molar refractivity (Wildman–Crippen MR) is 87.3 cm³/mol. The molecular weight excluding hydrogens is 384 g/mol. The number of alkyl halides is 2. The molecule has 128 valence electrons. The van der Waals surface area contributed by atoms with Crippen molar-refractivity contribution in [1.82, 2.24) is 4.98 Å². The van der Waals surface area contributed by atoms with Crippen molar-refractivity contribution in [3.8, 4) is 11.5 Å². The first-order valence-corrected chi connectivity index (χ1v) is 8.37. The smallest absolute Gasteiger partial charge is 0.387 e. The first-order valence-electron chi connectivity index (χ1n) is 7.58. The van der Waals surface area contributed by atoms with Crippen molar-refractivity contribution < 1.29 is 23.4 Å². The minimum absolute atomic E-state index is 0.00626. The van der Waals surface area contributed by atoms with E-state index in [9.17, 15) is 13.9 Å². The summed E-state index contributed by atoms with van der Waals surface area (Å²) in [6, 6.07) is 7.93. The molecule has 2 aromatic rings. The van der Waals surface area contributed by atoms with Crippen LogP contribution in [0.1, 0.15) is 36.5 Å². The van der Waals surface area contributed by atoms with Crippen LogP contribution < -0.4 is 9.47 Å².